The summed E-state index contributed by atoms with van der Waals surface area (Å²) in [6.07, 6.45) is 4.87. The maximum absolute atomic E-state index is 14.6. The summed E-state index contributed by atoms with van der Waals surface area (Å²) in [5, 5.41) is 0. The molecule has 122 valence electrons. The summed E-state index contributed by atoms with van der Waals surface area (Å²) in [6.45, 7) is 8.29. The molecule has 1 amide bonds. The van der Waals surface area contributed by atoms with E-state index in [9.17, 15) is 9.18 Å². The first-order valence-electron chi connectivity index (χ1n) is 7.99. The van der Waals surface area contributed by atoms with Gasteiger partial charge in [0.25, 0.3) is 5.91 Å². The van der Waals surface area contributed by atoms with Gasteiger partial charge in [-0.25, -0.2) is 4.39 Å². The molecule has 0 aliphatic heterocycles. The van der Waals surface area contributed by atoms with Crippen molar-refractivity contribution in [1.29, 1.82) is 0 Å². The predicted octanol–water partition coefficient (Wildman–Crippen LogP) is 5.07. The van der Waals surface area contributed by atoms with Crippen LogP contribution in [0.1, 0.15) is 61.5 Å². The summed E-state index contributed by atoms with van der Waals surface area (Å²) >= 11 is 0. The van der Waals surface area contributed by atoms with Crippen molar-refractivity contribution in [1.82, 2.24) is 4.90 Å². The third kappa shape index (κ3) is 4.69. The highest BCUT2D eigenvalue weighted by atomic mass is 19.1. The lowest BCUT2D eigenvalue weighted by molar-refractivity contribution is 0.0827. The van der Waals surface area contributed by atoms with Crippen molar-refractivity contribution in [3.8, 4) is 0 Å². The lowest BCUT2D eigenvalue weighted by Crippen LogP contribution is -2.22. The quantitative estimate of drug-likeness (QED) is 0.719. The van der Waals surface area contributed by atoms with Crippen LogP contribution in [0.2, 0.25) is 0 Å². The van der Waals surface area contributed by atoms with Crippen LogP contribution in [0.25, 0.3) is 5.57 Å². The Morgan fingerprint density at radius 2 is 1.95 bits per heavy atom. The molecular formula is C19H28FNO. The standard InChI is InChI=1S/C19H28FNO/c1-7-8-15(10-9-13(2)3)18-14(4)11-16(12-17(18)20)19(22)21(5)6/h8,11-13H,7,9-10H2,1-6H3/b15-8+. The zero-order valence-electron chi connectivity index (χ0n) is 14.7. The van der Waals surface area contributed by atoms with Gasteiger partial charge < -0.3 is 4.90 Å². The van der Waals surface area contributed by atoms with E-state index in [0.29, 0.717) is 17.0 Å². The Balaban J connectivity index is 3.23. The number of hydrogen-bond donors (Lipinski definition) is 0. The highest BCUT2D eigenvalue weighted by Gasteiger charge is 2.17. The van der Waals surface area contributed by atoms with Gasteiger partial charge in [-0.3, -0.25) is 4.79 Å². The first-order chi connectivity index (χ1) is 10.3. The van der Waals surface area contributed by atoms with Gasteiger partial charge in [-0.05, 0) is 55.4 Å². The second-order valence-corrected chi connectivity index (χ2v) is 6.42. The second-order valence-electron chi connectivity index (χ2n) is 6.42. The second kappa shape index (κ2) is 8.11. The van der Waals surface area contributed by atoms with Crippen molar-refractivity contribution in [2.45, 2.75) is 47.0 Å². The summed E-state index contributed by atoms with van der Waals surface area (Å²) in [5.74, 6) is 0.114. The highest BCUT2D eigenvalue weighted by Crippen LogP contribution is 2.29. The number of carbonyl (C=O) groups excluding carboxylic acids is 1. The van der Waals surface area contributed by atoms with E-state index < -0.39 is 0 Å². The van der Waals surface area contributed by atoms with Crippen LogP contribution < -0.4 is 0 Å². The van der Waals surface area contributed by atoms with Crippen molar-refractivity contribution in [2.75, 3.05) is 14.1 Å². The number of amides is 1. The van der Waals surface area contributed by atoms with Crippen molar-refractivity contribution in [2.24, 2.45) is 5.92 Å². The van der Waals surface area contributed by atoms with Crippen LogP contribution >= 0.6 is 0 Å². The number of carbonyl (C=O) groups is 1. The van der Waals surface area contributed by atoms with Gasteiger partial charge in [0, 0.05) is 25.2 Å². The van der Waals surface area contributed by atoms with E-state index in [1.54, 1.807) is 20.2 Å². The fraction of sp³-hybridized carbons (Fsp3) is 0.526. The fourth-order valence-electron chi connectivity index (χ4n) is 2.55. The molecule has 1 rings (SSSR count). The van der Waals surface area contributed by atoms with E-state index >= 15 is 0 Å². The zero-order chi connectivity index (χ0) is 16.9. The third-order valence-corrected chi connectivity index (χ3v) is 3.70. The molecule has 2 nitrogen and oxygen atoms in total. The zero-order valence-corrected chi connectivity index (χ0v) is 14.7. The van der Waals surface area contributed by atoms with E-state index in [4.69, 9.17) is 0 Å². The number of benzene rings is 1. The van der Waals surface area contributed by atoms with E-state index in [2.05, 4.69) is 26.8 Å². The molecule has 22 heavy (non-hydrogen) atoms. The minimum Gasteiger partial charge on any atom is -0.345 e. The van der Waals surface area contributed by atoms with Crippen LogP contribution in [-0.4, -0.2) is 24.9 Å². The Hall–Kier alpha value is -1.64. The molecule has 0 bridgehead atoms. The molecule has 0 aliphatic carbocycles. The monoisotopic (exact) mass is 305 g/mol. The molecule has 0 aliphatic rings. The Morgan fingerprint density at radius 1 is 1.32 bits per heavy atom. The summed E-state index contributed by atoms with van der Waals surface area (Å²) < 4.78 is 14.6. The molecule has 0 saturated carbocycles. The van der Waals surface area contributed by atoms with Crippen molar-refractivity contribution < 1.29 is 9.18 Å². The molecule has 0 spiro atoms. The normalized spacial score (nSPS) is 11.9. The van der Waals surface area contributed by atoms with E-state index in [1.807, 2.05) is 6.92 Å². The number of nitrogens with zero attached hydrogens (tertiary/aromatic N) is 1. The topological polar surface area (TPSA) is 20.3 Å². The van der Waals surface area contributed by atoms with Gasteiger partial charge in [0.1, 0.15) is 5.82 Å². The van der Waals surface area contributed by atoms with Gasteiger partial charge in [-0.1, -0.05) is 26.8 Å². The van der Waals surface area contributed by atoms with Crippen LogP contribution in [0.5, 0.6) is 0 Å². The summed E-state index contributed by atoms with van der Waals surface area (Å²) in [4.78, 5) is 13.5. The summed E-state index contributed by atoms with van der Waals surface area (Å²) in [7, 11) is 3.35. The summed E-state index contributed by atoms with van der Waals surface area (Å²) in [5.41, 5.74) is 2.95. The molecule has 0 N–H and O–H groups in total. The Bertz CT molecular complexity index is 536. The molecule has 0 fully saturated rings. The molecular weight excluding hydrogens is 277 g/mol. The van der Waals surface area contributed by atoms with Gasteiger partial charge in [0.2, 0.25) is 0 Å². The molecule has 0 aromatic heterocycles. The molecule has 1 aromatic carbocycles. The van der Waals surface area contributed by atoms with Crippen LogP contribution in [0, 0.1) is 18.7 Å². The lowest BCUT2D eigenvalue weighted by atomic mass is 9.91. The van der Waals surface area contributed by atoms with Crippen LogP contribution in [0.3, 0.4) is 0 Å². The molecule has 3 heteroatoms. The number of halogens is 1. The molecule has 0 radical (unpaired) electrons. The van der Waals surface area contributed by atoms with Gasteiger partial charge in [-0.2, -0.15) is 0 Å². The lowest BCUT2D eigenvalue weighted by Gasteiger charge is -2.16. The Morgan fingerprint density at radius 3 is 2.41 bits per heavy atom. The maximum atomic E-state index is 14.6. The fourth-order valence-corrected chi connectivity index (χ4v) is 2.55. The highest BCUT2D eigenvalue weighted by molar-refractivity contribution is 5.94. The number of allylic oxidation sites excluding steroid dienone is 2. The molecule has 1 aromatic rings. The van der Waals surface area contributed by atoms with E-state index in [1.165, 1.54) is 11.0 Å². The van der Waals surface area contributed by atoms with E-state index in [-0.39, 0.29) is 11.7 Å². The van der Waals surface area contributed by atoms with Crippen LogP contribution in [-0.2, 0) is 0 Å². The SMILES string of the molecule is CC/C=C(\CCC(C)C)c1c(C)cc(C(=O)N(C)C)cc1F. The molecule has 0 unspecified atom stereocenters. The number of rotatable bonds is 6. The Kier molecular flexibility index (Phi) is 6.79. The average molecular weight is 305 g/mol. The van der Waals surface area contributed by atoms with Crippen LogP contribution in [0.15, 0.2) is 18.2 Å². The van der Waals surface area contributed by atoms with E-state index in [0.717, 1.165) is 30.4 Å². The minimum atomic E-state index is -0.298. The third-order valence-electron chi connectivity index (χ3n) is 3.70. The van der Waals surface area contributed by atoms with Crippen molar-refractivity contribution >= 4 is 11.5 Å². The average Bonchev–Trinajstić information content (AvgIpc) is 2.42. The first-order valence-corrected chi connectivity index (χ1v) is 7.99. The van der Waals surface area contributed by atoms with Gasteiger partial charge in [0.15, 0.2) is 0 Å². The van der Waals surface area contributed by atoms with Crippen molar-refractivity contribution in [3.05, 3.63) is 40.7 Å². The first kappa shape index (κ1) is 18.4. The van der Waals surface area contributed by atoms with Gasteiger partial charge >= 0.3 is 0 Å². The van der Waals surface area contributed by atoms with Gasteiger partial charge in [-0.15, -0.1) is 0 Å². The molecule has 0 heterocycles. The maximum Gasteiger partial charge on any atom is 0.253 e. The summed E-state index contributed by atoms with van der Waals surface area (Å²) in [6, 6.07) is 3.16. The van der Waals surface area contributed by atoms with Gasteiger partial charge in [0.05, 0.1) is 0 Å². The Labute approximate surface area is 134 Å². The minimum absolute atomic E-state index is 0.170. The van der Waals surface area contributed by atoms with Crippen molar-refractivity contribution in [3.63, 3.8) is 0 Å². The predicted molar refractivity (Wildman–Crippen MR) is 91.5 cm³/mol. The number of aryl methyl sites for hydroxylation is 1. The smallest absolute Gasteiger partial charge is 0.253 e. The molecule has 0 saturated heterocycles. The number of hydrogen-bond acceptors (Lipinski definition) is 1. The van der Waals surface area contributed by atoms with Crippen LogP contribution in [0.4, 0.5) is 4.39 Å². The largest absolute Gasteiger partial charge is 0.345 e. The molecule has 0 atom stereocenters.